The molecule has 0 amide bonds. The lowest BCUT2D eigenvalue weighted by Gasteiger charge is -2.23. The average molecular weight is 254 g/mol. The van der Waals surface area contributed by atoms with Crippen LogP contribution in [0.2, 0.25) is 18.1 Å². The highest BCUT2D eigenvalue weighted by atomic mass is 35.5. The third kappa shape index (κ3) is 2.63. The minimum Gasteiger partial charge on any atom is -0.109 e. The molecule has 0 N–H and O–H groups in total. The molecule has 0 fully saturated rings. The summed E-state index contributed by atoms with van der Waals surface area (Å²) in [6, 6.07) is 7.77. The molecule has 0 radical (unpaired) electrons. The van der Waals surface area contributed by atoms with Gasteiger partial charge in [0.05, 0.1) is 0 Å². The van der Waals surface area contributed by atoms with Gasteiger partial charge >= 0.3 is 0 Å². The summed E-state index contributed by atoms with van der Waals surface area (Å²) < 4.78 is -0.284. The molecular weight excluding hydrogens is 243 g/mol. The van der Waals surface area contributed by atoms with Crippen molar-refractivity contribution in [3.8, 4) is 0 Å². The molecule has 0 saturated heterocycles. The van der Waals surface area contributed by atoms with E-state index in [0.29, 0.717) is 0 Å². The zero-order valence-electron chi connectivity index (χ0n) is 7.52. The Morgan fingerprint density at radius 3 is 1.92 bits per heavy atom. The monoisotopic (exact) mass is 252 g/mol. The largest absolute Gasteiger partial charge is 0.118 e. The zero-order chi connectivity index (χ0) is 10.1. The number of hydrogen-bond donors (Lipinski definition) is 0. The van der Waals surface area contributed by atoms with Crippen molar-refractivity contribution >= 4 is 48.1 Å². The van der Waals surface area contributed by atoms with Gasteiger partial charge in [0.25, 0.3) is 0 Å². The second kappa shape index (κ2) is 4.22. The Morgan fingerprint density at radius 2 is 1.54 bits per heavy atom. The van der Waals surface area contributed by atoms with Gasteiger partial charge in [-0.2, -0.15) is 0 Å². The maximum absolute atomic E-state index is 5.94. The third-order valence-corrected chi connectivity index (χ3v) is 8.57. The fraction of sp³-hybridized carbons (Fsp3) is 0.333. The van der Waals surface area contributed by atoms with Crippen LogP contribution in [0.4, 0.5) is 0 Å². The Hall–Kier alpha value is 0.307. The van der Waals surface area contributed by atoms with E-state index in [0.717, 1.165) is 5.02 Å². The molecule has 0 heterocycles. The van der Waals surface area contributed by atoms with Crippen molar-refractivity contribution in [2.75, 3.05) is 0 Å². The molecule has 0 saturated carbocycles. The summed E-state index contributed by atoms with van der Waals surface area (Å²) in [7, 11) is -1.71. The number of halogens is 3. The Balaban J connectivity index is 3.01. The van der Waals surface area contributed by atoms with Crippen LogP contribution in [0.3, 0.4) is 0 Å². The van der Waals surface area contributed by atoms with Gasteiger partial charge in [-0.1, -0.05) is 42.0 Å². The summed E-state index contributed by atoms with van der Waals surface area (Å²) in [5, 5.41) is 1.97. The number of hydrogen-bond acceptors (Lipinski definition) is 0. The van der Waals surface area contributed by atoms with Crippen LogP contribution in [0.1, 0.15) is 0 Å². The van der Waals surface area contributed by atoms with Crippen molar-refractivity contribution in [1.82, 2.24) is 0 Å². The molecule has 1 aromatic carbocycles. The Kier molecular flexibility index (Phi) is 3.70. The van der Waals surface area contributed by atoms with Gasteiger partial charge in [-0.05, 0) is 12.1 Å². The molecule has 4 heteroatoms. The molecule has 13 heavy (non-hydrogen) atoms. The topological polar surface area (TPSA) is 0 Å². The first-order valence-electron chi connectivity index (χ1n) is 3.99. The summed E-state index contributed by atoms with van der Waals surface area (Å²) in [6.45, 7) is 4.28. The van der Waals surface area contributed by atoms with Crippen LogP contribution >= 0.6 is 34.8 Å². The maximum atomic E-state index is 5.94. The Morgan fingerprint density at radius 1 is 1.08 bits per heavy atom. The minimum atomic E-state index is -1.71. The van der Waals surface area contributed by atoms with Crippen LogP contribution in [-0.4, -0.2) is 12.5 Å². The van der Waals surface area contributed by atoms with Crippen LogP contribution < -0.4 is 5.19 Å². The van der Waals surface area contributed by atoms with Gasteiger partial charge in [0.15, 0.2) is 0 Å². The molecule has 0 aliphatic rings. The SMILES string of the molecule is C[Si](C)(c1ccc(Cl)cc1)C(Cl)Cl. The highest BCUT2D eigenvalue weighted by Gasteiger charge is 2.30. The first-order chi connectivity index (χ1) is 5.94. The van der Waals surface area contributed by atoms with E-state index in [-0.39, 0.29) is 4.46 Å². The van der Waals surface area contributed by atoms with Gasteiger partial charge in [-0.15, -0.1) is 23.2 Å². The summed E-state index contributed by atoms with van der Waals surface area (Å²) in [4.78, 5) is 0. The van der Waals surface area contributed by atoms with E-state index in [4.69, 9.17) is 34.8 Å². The fourth-order valence-corrected chi connectivity index (χ4v) is 3.17. The van der Waals surface area contributed by atoms with E-state index in [1.54, 1.807) is 0 Å². The van der Waals surface area contributed by atoms with Crippen LogP contribution in [-0.2, 0) is 0 Å². The predicted octanol–water partition coefficient (Wildman–Crippen LogP) is 3.60. The first kappa shape index (κ1) is 11.4. The second-order valence-corrected chi connectivity index (χ2v) is 10.4. The lowest BCUT2D eigenvalue weighted by Crippen LogP contribution is -2.47. The Labute approximate surface area is 94.8 Å². The molecule has 0 bridgehead atoms. The summed E-state index contributed by atoms with van der Waals surface area (Å²) in [5.74, 6) is 0. The van der Waals surface area contributed by atoms with E-state index >= 15 is 0 Å². The number of rotatable bonds is 2. The van der Waals surface area contributed by atoms with Crippen molar-refractivity contribution in [3.63, 3.8) is 0 Å². The fourth-order valence-electron chi connectivity index (χ4n) is 1.01. The average Bonchev–Trinajstić information content (AvgIpc) is 2.04. The molecule has 0 aliphatic heterocycles. The van der Waals surface area contributed by atoms with Crippen molar-refractivity contribution in [1.29, 1.82) is 0 Å². The first-order valence-corrected chi connectivity index (χ1v) is 8.31. The minimum absolute atomic E-state index is 0.284. The Bertz CT molecular complexity index is 279. The summed E-state index contributed by atoms with van der Waals surface area (Å²) >= 11 is 17.7. The predicted molar refractivity (Wildman–Crippen MR) is 64.1 cm³/mol. The molecule has 0 nitrogen and oxygen atoms in total. The van der Waals surface area contributed by atoms with Gasteiger partial charge < -0.3 is 0 Å². The highest BCUT2D eigenvalue weighted by molar-refractivity contribution is 7.01. The normalized spacial score (nSPS) is 12.2. The van der Waals surface area contributed by atoms with Gasteiger partial charge in [0.1, 0.15) is 12.5 Å². The second-order valence-electron chi connectivity index (χ2n) is 3.53. The van der Waals surface area contributed by atoms with Crippen molar-refractivity contribution in [2.24, 2.45) is 0 Å². The molecule has 72 valence electrons. The number of alkyl halides is 2. The lowest BCUT2D eigenvalue weighted by atomic mass is 10.4. The smallest absolute Gasteiger partial charge is 0.109 e. The van der Waals surface area contributed by atoms with Gasteiger partial charge in [0.2, 0.25) is 0 Å². The van der Waals surface area contributed by atoms with Crippen LogP contribution in [0.15, 0.2) is 24.3 Å². The molecule has 0 spiro atoms. The van der Waals surface area contributed by atoms with E-state index in [9.17, 15) is 0 Å². The van der Waals surface area contributed by atoms with E-state index in [1.165, 1.54) is 5.19 Å². The zero-order valence-corrected chi connectivity index (χ0v) is 10.8. The number of benzene rings is 1. The van der Waals surface area contributed by atoms with Gasteiger partial charge in [-0.25, -0.2) is 0 Å². The van der Waals surface area contributed by atoms with Crippen molar-refractivity contribution in [2.45, 2.75) is 17.6 Å². The molecule has 0 atom stereocenters. The standard InChI is InChI=1S/C9H11Cl3Si/c1-13(2,9(11)12)8-5-3-7(10)4-6-8/h3-6,9H,1-2H3. The van der Waals surface area contributed by atoms with Crippen LogP contribution in [0, 0.1) is 0 Å². The third-order valence-electron chi connectivity index (χ3n) is 2.13. The molecule has 1 aromatic rings. The van der Waals surface area contributed by atoms with Crippen LogP contribution in [0.5, 0.6) is 0 Å². The van der Waals surface area contributed by atoms with Crippen LogP contribution in [0.25, 0.3) is 0 Å². The maximum Gasteiger partial charge on any atom is 0.118 e. The summed E-state index contributed by atoms with van der Waals surface area (Å²) in [6.07, 6.45) is 0. The molecular formula is C9H11Cl3Si. The van der Waals surface area contributed by atoms with E-state index in [2.05, 4.69) is 13.1 Å². The van der Waals surface area contributed by atoms with E-state index < -0.39 is 8.07 Å². The molecule has 0 aliphatic carbocycles. The summed E-state index contributed by atoms with van der Waals surface area (Å²) in [5.41, 5.74) is 0. The quantitative estimate of drug-likeness (QED) is 0.558. The lowest BCUT2D eigenvalue weighted by molar-refractivity contribution is 1.60. The molecule has 1 rings (SSSR count). The van der Waals surface area contributed by atoms with Gasteiger partial charge in [0, 0.05) is 5.02 Å². The highest BCUT2D eigenvalue weighted by Crippen LogP contribution is 2.19. The van der Waals surface area contributed by atoms with E-state index in [1.807, 2.05) is 24.3 Å². The molecule has 0 unspecified atom stereocenters. The van der Waals surface area contributed by atoms with Crippen molar-refractivity contribution < 1.29 is 0 Å². The molecule has 0 aromatic heterocycles. The van der Waals surface area contributed by atoms with Crippen molar-refractivity contribution in [3.05, 3.63) is 29.3 Å². The van der Waals surface area contributed by atoms with Gasteiger partial charge in [-0.3, -0.25) is 0 Å².